The molecule has 0 saturated carbocycles. The van der Waals surface area contributed by atoms with E-state index in [4.69, 9.17) is 4.74 Å². The van der Waals surface area contributed by atoms with E-state index >= 15 is 0 Å². The number of ether oxygens (including phenoxy) is 1. The third kappa shape index (κ3) is 3.00. The van der Waals surface area contributed by atoms with E-state index in [0.29, 0.717) is 17.5 Å². The first-order valence-electron chi connectivity index (χ1n) is 6.82. The number of nitrogens with zero attached hydrogens (tertiary/aromatic N) is 1. The molecule has 0 bridgehead atoms. The van der Waals surface area contributed by atoms with Crippen molar-refractivity contribution in [3.05, 3.63) is 24.0 Å². The maximum Gasteiger partial charge on any atom is 0.146 e. The highest BCUT2D eigenvalue weighted by atomic mass is 19.1. The van der Waals surface area contributed by atoms with Gasteiger partial charge in [0.1, 0.15) is 11.6 Å². The number of methoxy groups -OCH3 is 1. The molecule has 1 fully saturated rings. The number of anilines is 1. The molecule has 2 rings (SSSR count). The number of hydrogen-bond donors (Lipinski definition) is 1. The predicted molar refractivity (Wildman–Crippen MR) is 76.5 cm³/mol. The van der Waals surface area contributed by atoms with Gasteiger partial charge in [-0.3, -0.25) is 0 Å². The highest BCUT2D eigenvalue weighted by Gasteiger charge is 2.33. The Morgan fingerprint density at radius 1 is 1.47 bits per heavy atom. The molecule has 19 heavy (non-hydrogen) atoms. The lowest BCUT2D eigenvalue weighted by Crippen LogP contribution is -2.61. The number of hydrogen-bond acceptors (Lipinski definition) is 3. The van der Waals surface area contributed by atoms with Crippen molar-refractivity contribution < 1.29 is 9.13 Å². The van der Waals surface area contributed by atoms with Crippen molar-refractivity contribution in [2.75, 3.05) is 25.1 Å². The van der Waals surface area contributed by atoms with Crippen LogP contribution in [-0.4, -0.2) is 31.8 Å². The molecule has 0 radical (unpaired) electrons. The number of rotatable bonds is 3. The summed E-state index contributed by atoms with van der Waals surface area (Å²) in [7, 11) is 1.61. The Labute approximate surface area is 114 Å². The van der Waals surface area contributed by atoms with Crippen molar-refractivity contribution in [1.82, 2.24) is 5.32 Å². The van der Waals surface area contributed by atoms with Crippen LogP contribution in [0.25, 0.3) is 0 Å². The first-order chi connectivity index (χ1) is 8.96. The molecule has 1 unspecified atom stereocenters. The summed E-state index contributed by atoms with van der Waals surface area (Å²) in [5.74, 6) is 0.513. The second-order valence-corrected chi connectivity index (χ2v) is 5.77. The Morgan fingerprint density at radius 3 is 2.84 bits per heavy atom. The lowest BCUT2D eigenvalue weighted by atomic mass is 9.96. The van der Waals surface area contributed by atoms with Crippen molar-refractivity contribution in [2.45, 2.75) is 38.8 Å². The summed E-state index contributed by atoms with van der Waals surface area (Å²) < 4.78 is 19.3. The molecule has 1 saturated heterocycles. The second kappa shape index (κ2) is 5.37. The lowest BCUT2D eigenvalue weighted by Gasteiger charge is -2.45. The fraction of sp³-hybridized carbons (Fsp3) is 0.600. The Balaban J connectivity index is 2.36. The van der Waals surface area contributed by atoms with E-state index in [-0.39, 0.29) is 11.4 Å². The smallest absolute Gasteiger partial charge is 0.146 e. The Hall–Kier alpha value is -1.29. The van der Waals surface area contributed by atoms with Gasteiger partial charge >= 0.3 is 0 Å². The van der Waals surface area contributed by atoms with E-state index in [1.54, 1.807) is 19.2 Å². The fourth-order valence-corrected chi connectivity index (χ4v) is 2.60. The molecule has 0 aliphatic carbocycles. The van der Waals surface area contributed by atoms with Crippen LogP contribution in [0.3, 0.4) is 0 Å². The van der Waals surface area contributed by atoms with Gasteiger partial charge in [-0.25, -0.2) is 4.39 Å². The fourth-order valence-electron chi connectivity index (χ4n) is 2.60. The summed E-state index contributed by atoms with van der Waals surface area (Å²) in [4.78, 5) is 2.16. The third-order valence-corrected chi connectivity index (χ3v) is 3.76. The van der Waals surface area contributed by atoms with Crippen LogP contribution in [0.1, 0.15) is 27.2 Å². The largest absolute Gasteiger partial charge is 0.497 e. The van der Waals surface area contributed by atoms with Crippen molar-refractivity contribution in [3.8, 4) is 5.75 Å². The van der Waals surface area contributed by atoms with Crippen LogP contribution in [0.15, 0.2) is 18.2 Å². The summed E-state index contributed by atoms with van der Waals surface area (Å²) in [6.07, 6.45) is 0.986. The van der Waals surface area contributed by atoms with Gasteiger partial charge in [0, 0.05) is 30.7 Å². The van der Waals surface area contributed by atoms with E-state index < -0.39 is 0 Å². The molecule has 1 heterocycles. The summed E-state index contributed by atoms with van der Waals surface area (Å²) in [6, 6.07) is 5.25. The van der Waals surface area contributed by atoms with Crippen LogP contribution in [0.2, 0.25) is 0 Å². The maximum absolute atomic E-state index is 14.1. The average molecular weight is 266 g/mol. The topological polar surface area (TPSA) is 24.5 Å². The quantitative estimate of drug-likeness (QED) is 0.910. The normalized spacial score (nSPS) is 22.4. The van der Waals surface area contributed by atoms with E-state index in [2.05, 4.69) is 31.0 Å². The van der Waals surface area contributed by atoms with Gasteiger partial charge < -0.3 is 15.0 Å². The zero-order valence-electron chi connectivity index (χ0n) is 12.2. The Morgan fingerprint density at radius 2 is 2.21 bits per heavy atom. The van der Waals surface area contributed by atoms with Crippen molar-refractivity contribution in [3.63, 3.8) is 0 Å². The number of halogens is 1. The molecule has 106 valence electrons. The van der Waals surface area contributed by atoms with Gasteiger partial charge in [0.2, 0.25) is 0 Å². The molecular weight excluding hydrogens is 243 g/mol. The van der Waals surface area contributed by atoms with Crippen molar-refractivity contribution in [2.24, 2.45) is 0 Å². The monoisotopic (exact) mass is 266 g/mol. The number of piperazine rings is 1. The van der Waals surface area contributed by atoms with E-state index in [1.165, 1.54) is 6.07 Å². The molecule has 1 atom stereocenters. The van der Waals surface area contributed by atoms with Gasteiger partial charge in [-0.15, -0.1) is 0 Å². The van der Waals surface area contributed by atoms with Crippen molar-refractivity contribution >= 4 is 5.69 Å². The molecule has 3 nitrogen and oxygen atoms in total. The summed E-state index contributed by atoms with van der Waals surface area (Å²) in [5, 5.41) is 3.51. The molecule has 1 N–H and O–H groups in total. The number of benzene rings is 1. The molecule has 1 aliphatic rings. The van der Waals surface area contributed by atoms with Gasteiger partial charge in [0.05, 0.1) is 12.8 Å². The lowest BCUT2D eigenvalue weighted by molar-refractivity contribution is 0.304. The average Bonchev–Trinajstić information content (AvgIpc) is 2.38. The SMILES string of the molecule is CCC1CNC(C)(C)CN1c1cc(OC)ccc1F. The van der Waals surface area contributed by atoms with Gasteiger partial charge in [0.15, 0.2) is 0 Å². The third-order valence-electron chi connectivity index (χ3n) is 3.76. The Kier molecular flexibility index (Phi) is 3.99. The summed E-state index contributed by atoms with van der Waals surface area (Å²) in [6.45, 7) is 8.08. The van der Waals surface area contributed by atoms with E-state index in [1.807, 2.05) is 0 Å². The molecule has 1 aromatic carbocycles. The second-order valence-electron chi connectivity index (χ2n) is 5.77. The van der Waals surface area contributed by atoms with E-state index in [9.17, 15) is 4.39 Å². The first kappa shape index (κ1) is 14.1. The summed E-state index contributed by atoms with van der Waals surface area (Å²) in [5.41, 5.74) is 0.627. The standard InChI is InChI=1S/C15H23FN2O/c1-5-11-9-17-15(2,3)10-18(11)14-8-12(19-4)6-7-13(14)16/h6-8,11,17H,5,9-10H2,1-4H3. The van der Waals surface area contributed by atoms with Gasteiger partial charge in [-0.1, -0.05) is 6.92 Å². The molecule has 1 aliphatic heterocycles. The maximum atomic E-state index is 14.1. The van der Waals surface area contributed by atoms with Crippen LogP contribution in [0.5, 0.6) is 5.75 Å². The molecular formula is C15H23FN2O. The molecule has 1 aromatic rings. The van der Waals surface area contributed by atoms with Gasteiger partial charge in [0.25, 0.3) is 0 Å². The zero-order valence-corrected chi connectivity index (χ0v) is 12.2. The minimum Gasteiger partial charge on any atom is -0.497 e. The predicted octanol–water partition coefficient (Wildman–Crippen LogP) is 2.80. The molecule has 4 heteroatoms. The van der Waals surface area contributed by atoms with Crippen molar-refractivity contribution in [1.29, 1.82) is 0 Å². The Bertz CT molecular complexity index is 448. The minimum absolute atomic E-state index is 0.0127. The molecule has 0 spiro atoms. The zero-order chi connectivity index (χ0) is 14.0. The van der Waals surface area contributed by atoms with Crippen LogP contribution in [0, 0.1) is 5.82 Å². The number of nitrogens with one attached hydrogen (secondary N) is 1. The van der Waals surface area contributed by atoms with Crippen LogP contribution >= 0.6 is 0 Å². The molecule has 0 aromatic heterocycles. The minimum atomic E-state index is -0.183. The highest BCUT2D eigenvalue weighted by Crippen LogP contribution is 2.30. The van der Waals surface area contributed by atoms with Gasteiger partial charge in [-0.2, -0.15) is 0 Å². The van der Waals surface area contributed by atoms with Gasteiger partial charge in [-0.05, 0) is 32.4 Å². The van der Waals surface area contributed by atoms with Crippen LogP contribution in [-0.2, 0) is 0 Å². The highest BCUT2D eigenvalue weighted by molar-refractivity contribution is 5.54. The van der Waals surface area contributed by atoms with Crippen LogP contribution < -0.4 is 15.0 Å². The van der Waals surface area contributed by atoms with Crippen LogP contribution in [0.4, 0.5) is 10.1 Å². The summed E-state index contributed by atoms with van der Waals surface area (Å²) >= 11 is 0. The first-order valence-corrected chi connectivity index (χ1v) is 6.82. The van der Waals surface area contributed by atoms with E-state index in [0.717, 1.165) is 19.5 Å². The molecule has 0 amide bonds.